The van der Waals surface area contributed by atoms with Gasteiger partial charge in [0.25, 0.3) is 0 Å². The first-order chi connectivity index (χ1) is 23.6. The number of carbonyl (C=O) groups excluding carboxylic acids is 2. The number of urea groups is 1. The predicted molar refractivity (Wildman–Crippen MR) is 197 cm³/mol. The van der Waals surface area contributed by atoms with Gasteiger partial charge >= 0.3 is 6.03 Å². The average Bonchev–Trinajstić information content (AvgIpc) is 3.36. The van der Waals surface area contributed by atoms with E-state index in [0.29, 0.717) is 37.9 Å². The molecule has 7 rings (SSSR count). The lowest BCUT2D eigenvalue weighted by Gasteiger charge is -2.46. The average molecular weight is 663 g/mol. The molecule has 0 heterocycles. The van der Waals surface area contributed by atoms with Crippen LogP contribution in [0.3, 0.4) is 0 Å². The molecule has 3 aromatic carbocycles. The summed E-state index contributed by atoms with van der Waals surface area (Å²) in [6.45, 7) is 4.86. The Morgan fingerprint density at radius 2 is 1.61 bits per heavy atom. The number of anilines is 1. The minimum absolute atomic E-state index is 0.0201. The molecule has 6 nitrogen and oxygen atoms in total. The lowest BCUT2D eigenvalue weighted by atomic mass is 9.64. The van der Waals surface area contributed by atoms with E-state index in [-0.39, 0.29) is 30.2 Å². The van der Waals surface area contributed by atoms with Crippen molar-refractivity contribution >= 4 is 17.5 Å². The number of ketones is 1. The van der Waals surface area contributed by atoms with Crippen LogP contribution in [0.25, 0.3) is 0 Å². The number of Topliss-reactive ketones (excluding diaryl/α,β-unsaturated/α-hetero) is 1. The first-order valence-corrected chi connectivity index (χ1v) is 18.5. The molecule has 4 aliphatic carbocycles. The Bertz CT molecular complexity index is 1620. The fraction of sp³-hybridized carbons (Fsp3) is 0.488. The number of aliphatic hydroxyl groups is 2. The van der Waals surface area contributed by atoms with E-state index in [2.05, 4.69) is 43.4 Å². The molecule has 260 valence electrons. The highest BCUT2D eigenvalue weighted by atomic mass is 16.3. The number of rotatable bonds is 7. The Morgan fingerprint density at radius 1 is 0.898 bits per heavy atom. The topological polar surface area (TPSA) is 89.9 Å². The van der Waals surface area contributed by atoms with E-state index in [0.717, 1.165) is 67.2 Å². The predicted octanol–water partition coefficient (Wildman–Crippen LogP) is 9.22. The summed E-state index contributed by atoms with van der Waals surface area (Å²) in [7, 11) is 0. The van der Waals surface area contributed by atoms with Gasteiger partial charge in [-0.3, -0.25) is 4.79 Å². The zero-order valence-corrected chi connectivity index (χ0v) is 29.4. The molecule has 0 spiro atoms. The quantitative estimate of drug-likeness (QED) is 0.174. The summed E-state index contributed by atoms with van der Waals surface area (Å²) < 4.78 is 0. The zero-order valence-electron chi connectivity index (χ0n) is 29.4. The minimum atomic E-state index is -1.20. The van der Waals surface area contributed by atoms with Gasteiger partial charge in [-0.15, -0.1) is 0 Å². The summed E-state index contributed by atoms with van der Waals surface area (Å²) in [5.74, 6) is 0.178. The SMILES string of the molecule is CC1=CCCC2(C)C(CCC2(O)CN(Cc2ccccc2)C(=O)Nc2ccccc2)c2ccc(cc2C(=O)C2CCCCC2)CC(O)CC1. The lowest BCUT2D eigenvalue weighted by Crippen LogP contribution is -2.54. The largest absolute Gasteiger partial charge is 0.393 e. The van der Waals surface area contributed by atoms with E-state index in [1.54, 1.807) is 4.90 Å². The first kappa shape index (κ1) is 35.1. The van der Waals surface area contributed by atoms with Crippen LogP contribution in [-0.4, -0.2) is 45.2 Å². The first-order valence-electron chi connectivity index (χ1n) is 18.5. The number of aliphatic hydroxyl groups excluding tert-OH is 1. The molecule has 0 aliphatic heterocycles. The molecule has 4 unspecified atom stereocenters. The molecule has 2 bridgehead atoms. The monoisotopic (exact) mass is 662 g/mol. The van der Waals surface area contributed by atoms with E-state index >= 15 is 0 Å². The number of fused-ring (bicyclic) bond motifs is 8. The van der Waals surface area contributed by atoms with Gasteiger partial charge in [-0.25, -0.2) is 4.79 Å². The van der Waals surface area contributed by atoms with Gasteiger partial charge in [0.05, 0.1) is 18.2 Å². The van der Waals surface area contributed by atoms with E-state index in [4.69, 9.17) is 0 Å². The number of hydrogen-bond donors (Lipinski definition) is 3. The van der Waals surface area contributed by atoms with Crippen molar-refractivity contribution in [2.75, 3.05) is 11.9 Å². The summed E-state index contributed by atoms with van der Waals surface area (Å²) in [5, 5.41) is 27.0. The normalized spacial score (nSPS) is 26.3. The lowest BCUT2D eigenvalue weighted by molar-refractivity contribution is -0.0773. The van der Waals surface area contributed by atoms with Crippen molar-refractivity contribution in [3.05, 3.63) is 113 Å². The summed E-state index contributed by atoms with van der Waals surface area (Å²) in [6.07, 6.45) is 11.7. The van der Waals surface area contributed by atoms with Crippen LogP contribution in [0.15, 0.2) is 90.5 Å². The van der Waals surface area contributed by atoms with E-state index in [1.807, 2.05) is 60.7 Å². The number of carbonyl (C=O) groups is 2. The van der Waals surface area contributed by atoms with Crippen LogP contribution in [0.2, 0.25) is 0 Å². The van der Waals surface area contributed by atoms with E-state index < -0.39 is 17.1 Å². The molecule has 4 aliphatic rings. The van der Waals surface area contributed by atoms with Crippen LogP contribution in [0.1, 0.15) is 117 Å². The van der Waals surface area contributed by atoms with Crippen LogP contribution < -0.4 is 5.32 Å². The summed E-state index contributed by atoms with van der Waals surface area (Å²) in [6, 6.07) is 25.5. The molecular weight excluding hydrogens is 608 g/mol. The third-order valence-corrected chi connectivity index (χ3v) is 11.9. The molecule has 2 fully saturated rings. The summed E-state index contributed by atoms with van der Waals surface area (Å²) >= 11 is 0. The highest BCUT2D eigenvalue weighted by molar-refractivity contribution is 5.99. The second-order valence-electron chi connectivity index (χ2n) is 15.3. The molecule has 3 N–H and O–H groups in total. The summed E-state index contributed by atoms with van der Waals surface area (Å²) in [5.41, 5.74) is 3.94. The van der Waals surface area contributed by atoms with Gasteiger partial charge in [-0.05, 0) is 106 Å². The van der Waals surface area contributed by atoms with Crippen LogP contribution in [-0.2, 0) is 13.0 Å². The number of hydrogen-bond acceptors (Lipinski definition) is 4. The van der Waals surface area contributed by atoms with Crippen molar-refractivity contribution in [2.24, 2.45) is 11.3 Å². The fourth-order valence-electron chi connectivity index (χ4n) is 8.84. The molecule has 4 atom stereocenters. The van der Waals surface area contributed by atoms with Crippen LogP contribution >= 0.6 is 0 Å². The van der Waals surface area contributed by atoms with Crippen molar-refractivity contribution in [3.8, 4) is 0 Å². The van der Waals surface area contributed by atoms with E-state index in [1.165, 1.54) is 12.0 Å². The maximum Gasteiger partial charge on any atom is 0.322 e. The molecule has 2 amide bonds. The number of amides is 2. The van der Waals surface area contributed by atoms with Gasteiger partial charge in [0, 0.05) is 29.1 Å². The maximum absolute atomic E-state index is 14.4. The third kappa shape index (κ3) is 8.02. The second kappa shape index (κ2) is 15.4. The molecule has 2 saturated carbocycles. The van der Waals surface area contributed by atoms with Crippen LogP contribution in [0.4, 0.5) is 10.5 Å². The third-order valence-electron chi connectivity index (χ3n) is 11.9. The highest BCUT2D eigenvalue weighted by Crippen LogP contribution is 2.59. The number of para-hydroxylation sites is 1. The number of nitrogens with one attached hydrogen (secondary N) is 1. The van der Waals surface area contributed by atoms with Gasteiger partial charge in [0.1, 0.15) is 0 Å². The number of allylic oxidation sites excluding steroid dienone is 2. The highest BCUT2D eigenvalue weighted by Gasteiger charge is 2.57. The Balaban J connectivity index is 1.39. The molecule has 0 aromatic heterocycles. The van der Waals surface area contributed by atoms with E-state index in [9.17, 15) is 19.8 Å². The van der Waals surface area contributed by atoms with Gasteiger partial charge in [0.15, 0.2) is 5.78 Å². The molecule has 3 aromatic rings. The Hall–Kier alpha value is -3.74. The van der Waals surface area contributed by atoms with Crippen molar-refractivity contribution in [3.63, 3.8) is 0 Å². The number of nitrogens with zero attached hydrogens (tertiary/aromatic N) is 1. The summed E-state index contributed by atoms with van der Waals surface area (Å²) in [4.78, 5) is 30.1. The Kier molecular flexibility index (Phi) is 11.1. The zero-order chi connectivity index (χ0) is 34.4. The fourth-order valence-corrected chi connectivity index (χ4v) is 8.84. The van der Waals surface area contributed by atoms with Crippen molar-refractivity contribution in [1.82, 2.24) is 4.90 Å². The van der Waals surface area contributed by atoms with Crippen molar-refractivity contribution < 1.29 is 19.8 Å². The van der Waals surface area contributed by atoms with Crippen LogP contribution in [0.5, 0.6) is 0 Å². The van der Waals surface area contributed by atoms with Gasteiger partial charge in [0.2, 0.25) is 0 Å². The Labute approximate surface area is 292 Å². The Morgan fingerprint density at radius 3 is 2.35 bits per heavy atom. The van der Waals surface area contributed by atoms with Gasteiger partial charge in [-0.2, -0.15) is 0 Å². The van der Waals surface area contributed by atoms with Crippen LogP contribution in [0, 0.1) is 11.3 Å². The van der Waals surface area contributed by atoms with Gasteiger partial charge in [-0.1, -0.05) is 98.5 Å². The molecule has 0 radical (unpaired) electrons. The van der Waals surface area contributed by atoms with Gasteiger partial charge < -0.3 is 20.4 Å². The second-order valence-corrected chi connectivity index (χ2v) is 15.3. The molecular formula is C43H54N2O4. The smallest absolute Gasteiger partial charge is 0.322 e. The molecule has 0 saturated heterocycles. The number of benzene rings is 3. The van der Waals surface area contributed by atoms with Crippen molar-refractivity contribution in [1.29, 1.82) is 0 Å². The maximum atomic E-state index is 14.4. The minimum Gasteiger partial charge on any atom is -0.393 e. The molecule has 49 heavy (non-hydrogen) atoms. The standard InChI is InChI=1S/C43H54N2O4/c1-31-13-12-25-42(2)39(37-23-21-33(27-36(46)22-20-31)28-38(37)40(47)34-16-8-4-9-17-34)24-26-43(42,49)30-45(29-32-14-6-3-7-15-32)41(48)44-35-18-10-5-11-19-35/h3,5-7,10-11,13-15,18-19,21,23,28,34,36,39,46,49H,4,8-9,12,16-17,20,22,24-27,29-30H2,1-2H3,(H,44,48). The molecule has 6 heteroatoms. The van der Waals surface area contributed by atoms with Crippen molar-refractivity contribution in [2.45, 2.75) is 115 Å².